The normalized spacial score (nSPS) is 12.0. The maximum atomic E-state index is 14.1. The van der Waals surface area contributed by atoms with Crippen molar-refractivity contribution in [2.24, 2.45) is 0 Å². The lowest BCUT2D eigenvalue weighted by Gasteiger charge is -2.26. The molecule has 0 aliphatic heterocycles. The summed E-state index contributed by atoms with van der Waals surface area (Å²) in [7, 11) is 0. The molecule has 0 unspecified atom stereocenters. The lowest BCUT2D eigenvalue weighted by molar-refractivity contribution is -0.137. The fourth-order valence-electron chi connectivity index (χ4n) is 3.22. The van der Waals surface area contributed by atoms with Gasteiger partial charge < -0.3 is 9.30 Å². The molecule has 0 spiro atoms. The summed E-state index contributed by atoms with van der Waals surface area (Å²) in [4.78, 5) is 0. The van der Waals surface area contributed by atoms with Crippen LogP contribution in [-0.2, 0) is 18.3 Å². The van der Waals surface area contributed by atoms with Crippen LogP contribution < -0.4 is 4.74 Å². The van der Waals surface area contributed by atoms with Gasteiger partial charge in [-0.3, -0.25) is 0 Å². The van der Waals surface area contributed by atoms with Crippen LogP contribution in [-0.4, -0.2) is 14.8 Å². The summed E-state index contributed by atoms with van der Waals surface area (Å²) in [5.74, 6) is -4.76. The number of halogens is 6. The average molecular weight is 454 g/mol. The van der Waals surface area contributed by atoms with Crippen LogP contribution in [0.2, 0.25) is 0 Å². The number of ether oxygens (including phenoxy) is 1. The molecule has 2 aromatic carbocycles. The van der Waals surface area contributed by atoms with Gasteiger partial charge in [0.25, 0.3) is 0 Å². The van der Waals surface area contributed by atoms with E-state index in [1.165, 1.54) is 24.5 Å². The van der Waals surface area contributed by atoms with E-state index in [1.54, 1.807) is 13.0 Å². The Kier molecular flexibility index (Phi) is 5.91. The Labute approximate surface area is 178 Å². The van der Waals surface area contributed by atoms with E-state index >= 15 is 0 Å². The first-order valence-electron chi connectivity index (χ1n) is 9.28. The van der Waals surface area contributed by atoms with Gasteiger partial charge in [-0.15, -0.1) is 10.2 Å². The largest absolute Gasteiger partial charge is 0.474 e. The van der Waals surface area contributed by atoms with E-state index in [2.05, 4.69) is 10.2 Å². The lowest BCUT2D eigenvalue weighted by Crippen LogP contribution is -2.30. The van der Waals surface area contributed by atoms with E-state index in [9.17, 15) is 26.3 Å². The summed E-state index contributed by atoms with van der Waals surface area (Å²) in [6.45, 7) is 4.48. The number of hydrogen-bond acceptors (Lipinski definition) is 4. The molecule has 0 fully saturated rings. The zero-order valence-electron chi connectivity index (χ0n) is 17.1. The molecule has 1 aromatic heterocycles. The molecule has 0 amide bonds. The molecule has 0 saturated carbocycles. The molecule has 0 bridgehead atoms. The second-order valence-corrected chi connectivity index (χ2v) is 7.27. The van der Waals surface area contributed by atoms with Gasteiger partial charge in [0.2, 0.25) is 0 Å². The predicted octanol–water partition coefficient (Wildman–Crippen LogP) is 5.59. The highest BCUT2D eigenvalue weighted by Gasteiger charge is 2.37. The molecule has 1 heterocycles. The molecule has 3 rings (SSSR count). The van der Waals surface area contributed by atoms with Gasteiger partial charge in [0, 0.05) is 24.2 Å². The van der Waals surface area contributed by atoms with Crippen LogP contribution in [0.15, 0.2) is 30.3 Å². The number of rotatable bonds is 5. The van der Waals surface area contributed by atoms with E-state index < -0.39 is 40.5 Å². The van der Waals surface area contributed by atoms with Gasteiger partial charge >= 0.3 is 6.18 Å². The molecule has 0 radical (unpaired) electrons. The molecule has 0 aliphatic rings. The van der Waals surface area contributed by atoms with Crippen LogP contribution >= 0.6 is 0 Å². The fraction of sp³-hybridized carbons (Fsp3) is 0.286. The van der Waals surface area contributed by atoms with Crippen LogP contribution in [0, 0.1) is 28.8 Å². The van der Waals surface area contributed by atoms with Crippen molar-refractivity contribution in [1.29, 1.82) is 5.26 Å². The lowest BCUT2D eigenvalue weighted by atomic mass is 10.0. The van der Waals surface area contributed by atoms with Crippen LogP contribution in [0.4, 0.5) is 26.3 Å². The molecule has 11 heteroatoms. The quantitative estimate of drug-likeness (QED) is 0.472. The topological polar surface area (TPSA) is 63.7 Å². The molecule has 0 aliphatic carbocycles. The minimum absolute atomic E-state index is 0.0180. The van der Waals surface area contributed by atoms with Gasteiger partial charge in [-0.1, -0.05) is 0 Å². The monoisotopic (exact) mass is 454 g/mol. The number of nitrogens with zero attached hydrogens (tertiary/aromatic N) is 4. The highest BCUT2D eigenvalue weighted by molar-refractivity contribution is 5.63. The molecule has 0 saturated heterocycles. The van der Waals surface area contributed by atoms with Gasteiger partial charge in [-0.25, -0.2) is 13.2 Å². The maximum absolute atomic E-state index is 14.1. The number of benzene rings is 2. The first kappa shape index (κ1) is 23.1. The standard InChI is InChI=1S/C21H16F6N4O/c1-4-31-18(13-6-5-11(10-28)7-14(13)21(25,26)27)29-30-19(31)20(2,3)32-17-15(23)8-12(22)9-16(17)24/h5-9H,4H2,1-3H3. The summed E-state index contributed by atoms with van der Waals surface area (Å²) in [6.07, 6.45) is -4.78. The molecular formula is C21H16F6N4O. The molecule has 0 atom stereocenters. The summed E-state index contributed by atoms with van der Waals surface area (Å²) >= 11 is 0. The third-order valence-electron chi connectivity index (χ3n) is 4.62. The Morgan fingerprint density at radius 1 is 1.03 bits per heavy atom. The van der Waals surface area contributed by atoms with E-state index in [0.29, 0.717) is 18.2 Å². The van der Waals surface area contributed by atoms with E-state index in [1.807, 2.05) is 0 Å². The molecule has 32 heavy (non-hydrogen) atoms. The number of nitriles is 1. The highest BCUT2D eigenvalue weighted by atomic mass is 19.4. The molecule has 5 nitrogen and oxygen atoms in total. The van der Waals surface area contributed by atoms with Crippen LogP contribution in [0.1, 0.15) is 37.7 Å². The van der Waals surface area contributed by atoms with Crippen molar-refractivity contribution in [3.63, 3.8) is 0 Å². The van der Waals surface area contributed by atoms with Crippen molar-refractivity contribution in [1.82, 2.24) is 14.8 Å². The zero-order valence-corrected chi connectivity index (χ0v) is 17.1. The van der Waals surface area contributed by atoms with Crippen molar-refractivity contribution in [3.8, 4) is 23.2 Å². The van der Waals surface area contributed by atoms with Gasteiger partial charge in [0.05, 0.1) is 17.2 Å². The van der Waals surface area contributed by atoms with Gasteiger partial charge in [-0.2, -0.15) is 18.4 Å². The highest BCUT2D eigenvalue weighted by Crippen LogP contribution is 2.39. The SMILES string of the molecule is CCn1c(-c2ccc(C#N)cc2C(F)(F)F)nnc1C(C)(C)Oc1c(F)cc(F)cc1F. The van der Waals surface area contributed by atoms with Gasteiger partial charge in [0.15, 0.2) is 34.6 Å². The summed E-state index contributed by atoms with van der Waals surface area (Å²) in [6, 6.07) is 5.56. The molecular weight excluding hydrogens is 438 g/mol. The van der Waals surface area contributed by atoms with Crippen LogP contribution in [0.5, 0.6) is 5.75 Å². The minimum atomic E-state index is -4.78. The Bertz CT molecular complexity index is 1190. The van der Waals surface area contributed by atoms with Crippen LogP contribution in [0.3, 0.4) is 0 Å². The summed E-state index contributed by atoms with van der Waals surface area (Å²) in [5, 5.41) is 16.7. The Morgan fingerprint density at radius 3 is 2.19 bits per heavy atom. The zero-order chi connectivity index (χ0) is 23.8. The van der Waals surface area contributed by atoms with Gasteiger partial charge in [-0.05, 0) is 39.0 Å². The molecule has 168 valence electrons. The smallest absolute Gasteiger partial charge is 0.417 e. The van der Waals surface area contributed by atoms with Crippen molar-refractivity contribution < 1.29 is 31.1 Å². The first-order chi connectivity index (χ1) is 14.9. The molecule has 0 N–H and O–H groups in total. The predicted molar refractivity (Wildman–Crippen MR) is 101 cm³/mol. The number of hydrogen-bond donors (Lipinski definition) is 0. The Balaban J connectivity index is 2.12. The molecule has 3 aromatic rings. The maximum Gasteiger partial charge on any atom is 0.417 e. The van der Waals surface area contributed by atoms with Crippen LogP contribution in [0.25, 0.3) is 11.4 Å². The number of alkyl halides is 3. The van der Waals surface area contributed by atoms with Crippen molar-refractivity contribution in [3.05, 3.63) is 64.7 Å². The first-order valence-corrected chi connectivity index (χ1v) is 9.28. The second kappa shape index (κ2) is 8.18. The number of aromatic nitrogens is 3. The van der Waals surface area contributed by atoms with E-state index in [4.69, 9.17) is 10.00 Å². The minimum Gasteiger partial charge on any atom is -0.474 e. The second-order valence-electron chi connectivity index (χ2n) is 7.27. The summed E-state index contributed by atoms with van der Waals surface area (Å²) in [5.41, 5.74) is -3.16. The third-order valence-corrected chi connectivity index (χ3v) is 4.62. The fourth-order valence-corrected chi connectivity index (χ4v) is 3.22. The van der Waals surface area contributed by atoms with Crippen molar-refractivity contribution >= 4 is 0 Å². The Hall–Kier alpha value is -3.55. The van der Waals surface area contributed by atoms with E-state index in [-0.39, 0.29) is 29.3 Å². The third kappa shape index (κ3) is 4.26. The Morgan fingerprint density at radius 2 is 1.66 bits per heavy atom. The van der Waals surface area contributed by atoms with Crippen molar-refractivity contribution in [2.75, 3.05) is 0 Å². The van der Waals surface area contributed by atoms with Gasteiger partial charge in [0.1, 0.15) is 5.82 Å². The average Bonchev–Trinajstić information content (AvgIpc) is 3.14. The van der Waals surface area contributed by atoms with E-state index in [0.717, 1.165) is 6.07 Å². The summed E-state index contributed by atoms with van der Waals surface area (Å²) < 4.78 is 88.9. The van der Waals surface area contributed by atoms with Crippen molar-refractivity contribution in [2.45, 2.75) is 39.1 Å².